The molecule has 0 aliphatic carbocycles. The van der Waals surface area contributed by atoms with Crippen molar-refractivity contribution >= 4 is 32.5 Å². The number of nitrogens with one attached hydrogen (secondary N) is 1. The van der Waals surface area contributed by atoms with Crippen molar-refractivity contribution in [2.75, 3.05) is 4.72 Å². The Morgan fingerprint density at radius 2 is 1.67 bits per heavy atom. The first kappa shape index (κ1) is 16.0. The number of hydrogen-bond donors (Lipinski definition) is 2. The maximum atomic E-state index is 12.6. The lowest BCUT2D eigenvalue weighted by Gasteiger charge is -2.12. The monoisotopic (exact) mass is 341 g/mol. The Morgan fingerprint density at radius 3 is 2.38 bits per heavy atom. The molecule has 122 valence electrons. The van der Waals surface area contributed by atoms with E-state index in [1.807, 2.05) is 24.3 Å². The van der Waals surface area contributed by atoms with E-state index in [-0.39, 0.29) is 16.1 Å². The van der Waals surface area contributed by atoms with E-state index < -0.39 is 16.0 Å². The molecule has 5 nitrogen and oxygen atoms in total. The van der Waals surface area contributed by atoms with Crippen LogP contribution in [0.15, 0.2) is 65.6 Å². The first-order valence-electron chi connectivity index (χ1n) is 7.23. The van der Waals surface area contributed by atoms with E-state index in [2.05, 4.69) is 4.72 Å². The third kappa shape index (κ3) is 2.96. The van der Waals surface area contributed by atoms with Crippen molar-refractivity contribution in [3.8, 4) is 0 Å². The Kier molecular flexibility index (Phi) is 3.99. The van der Waals surface area contributed by atoms with E-state index >= 15 is 0 Å². The molecule has 0 atom stereocenters. The van der Waals surface area contributed by atoms with Gasteiger partial charge in [-0.1, -0.05) is 42.5 Å². The molecule has 0 aliphatic rings. The molecule has 3 aromatic carbocycles. The van der Waals surface area contributed by atoms with Gasteiger partial charge in [-0.3, -0.25) is 4.72 Å². The highest BCUT2D eigenvalue weighted by molar-refractivity contribution is 7.92. The number of benzene rings is 3. The third-order valence-electron chi connectivity index (χ3n) is 3.76. The van der Waals surface area contributed by atoms with Gasteiger partial charge >= 0.3 is 5.97 Å². The standard InChI is InChI=1S/C18H15NO4S/c1-12-5-4-8-16(17(12)18(20)21)19-24(22,23)15-10-9-13-6-2-3-7-14(13)11-15/h2-11,19H,1H3,(H,20,21). The number of carboxylic acid groups (broad SMARTS) is 1. The highest BCUT2D eigenvalue weighted by atomic mass is 32.2. The van der Waals surface area contributed by atoms with Gasteiger partial charge in [-0.05, 0) is 41.5 Å². The molecular formula is C18H15NO4S. The van der Waals surface area contributed by atoms with E-state index in [1.54, 1.807) is 31.2 Å². The number of fused-ring (bicyclic) bond motifs is 1. The summed E-state index contributed by atoms with van der Waals surface area (Å²) < 4.78 is 27.6. The fraction of sp³-hybridized carbons (Fsp3) is 0.0556. The van der Waals surface area contributed by atoms with Crippen LogP contribution in [0, 0.1) is 6.92 Å². The lowest BCUT2D eigenvalue weighted by Crippen LogP contribution is -2.16. The summed E-state index contributed by atoms with van der Waals surface area (Å²) in [5.74, 6) is -1.18. The number of aromatic carboxylic acids is 1. The number of carbonyl (C=O) groups is 1. The fourth-order valence-electron chi connectivity index (χ4n) is 2.57. The SMILES string of the molecule is Cc1cccc(NS(=O)(=O)c2ccc3ccccc3c2)c1C(=O)O. The van der Waals surface area contributed by atoms with Crippen LogP contribution in [0.4, 0.5) is 5.69 Å². The van der Waals surface area contributed by atoms with Crippen LogP contribution in [0.25, 0.3) is 10.8 Å². The summed E-state index contributed by atoms with van der Waals surface area (Å²) in [5, 5.41) is 11.0. The second-order valence-corrected chi connectivity index (χ2v) is 7.10. The van der Waals surface area contributed by atoms with Gasteiger partial charge in [-0.15, -0.1) is 0 Å². The lowest BCUT2D eigenvalue weighted by atomic mass is 10.1. The summed E-state index contributed by atoms with van der Waals surface area (Å²) >= 11 is 0. The molecule has 24 heavy (non-hydrogen) atoms. The van der Waals surface area contributed by atoms with Gasteiger partial charge in [-0.25, -0.2) is 13.2 Å². The molecule has 3 aromatic rings. The van der Waals surface area contributed by atoms with Crippen LogP contribution in [0.3, 0.4) is 0 Å². The highest BCUT2D eigenvalue weighted by Crippen LogP contribution is 2.25. The molecule has 0 amide bonds. The summed E-state index contributed by atoms with van der Waals surface area (Å²) in [6.07, 6.45) is 0. The van der Waals surface area contributed by atoms with Crippen LogP contribution in [0.5, 0.6) is 0 Å². The number of rotatable bonds is 4. The molecule has 0 aromatic heterocycles. The zero-order chi connectivity index (χ0) is 17.3. The van der Waals surface area contributed by atoms with E-state index in [0.29, 0.717) is 5.56 Å². The Bertz CT molecular complexity index is 1040. The molecule has 0 saturated heterocycles. The predicted octanol–water partition coefficient (Wildman–Crippen LogP) is 3.65. The maximum absolute atomic E-state index is 12.6. The number of sulfonamides is 1. The molecule has 0 unspecified atom stereocenters. The van der Waals surface area contributed by atoms with Crippen molar-refractivity contribution in [2.24, 2.45) is 0 Å². The maximum Gasteiger partial charge on any atom is 0.338 e. The predicted molar refractivity (Wildman–Crippen MR) is 92.9 cm³/mol. The van der Waals surface area contributed by atoms with Gasteiger partial charge in [0.1, 0.15) is 0 Å². The van der Waals surface area contributed by atoms with Gasteiger partial charge in [0.15, 0.2) is 0 Å². The number of hydrogen-bond acceptors (Lipinski definition) is 3. The Balaban J connectivity index is 2.05. The molecular weight excluding hydrogens is 326 g/mol. The van der Waals surface area contributed by atoms with Crippen molar-refractivity contribution in [2.45, 2.75) is 11.8 Å². The Hall–Kier alpha value is -2.86. The molecule has 0 bridgehead atoms. The number of anilines is 1. The van der Waals surface area contributed by atoms with E-state index in [0.717, 1.165) is 10.8 Å². The van der Waals surface area contributed by atoms with Crippen molar-refractivity contribution in [3.05, 3.63) is 71.8 Å². The molecule has 0 saturated carbocycles. The summed E-state index contributed by atoms with van der Waals surface area (Å²) in [4.78, 5) is 11.5. The quantitative estimate of drug-likeness (QED) is 0.759. The van der Waals surface area contributed by atoms with E-state index in [4.69, 9.17) is 0 Å². The Labute approximate surface area is 139 Å². The zero-order valence-electron chi connectivity index (χ0n) is 12.9. The molecule has 0 fully saturated rings. The van der Waals surface area contributed by atoms with Gasteiger partial charge in [0.2, 0.25) is 0 Å². The molecule has 0 aliphatic heterocycles. The summed E-state index contributed by atoms with van der Waals surface area (Å²) in [6.45, 7) is 1.62. The first-order chi connectivity index (χ1) is 11.4. The number of aryl methyl sites for hydroxylation is 1. The second kappa shape index (κ2) is 5.98. The van der Waals surface area contributed by atoms with Crippen molar-refractivity contribution < 1.29 is 18.3 Å². The topological polar surface area (TPSA) is 83.5 Å². The molecule has 0 heterocycles. The van der Waals surface area contributed by atoms with Gasteiger partial charge in [0.05, 0.1) is 16.1 Å². The largest absolute Gasteiger partial charge is 0.478 e. The van der Waals surface area contributed by atoms with Crippen molar-refractivity contribution in [1.82, 2.24) is 0 Å². The molecule has 3 rings (SSSR count). The molecule has 6 heteroatoms. The van der Waals surface area contributed by atoms with E-state index in [1.165, 1.54) is 12.1 Å². The van der Waals surface area contributed by atoms with Gasteiger partial charge in [0.25, 0.3) is 10.0 Å². The van der Waals surface area contributed by atoms with Crippen molar-refractivity contribution in [3.63, 3.8) is 0 Å². The smallest absolute Gasteiger partial charge is 0.338 e. The minimum atomic E-state index is -3.89. The van der Waals surface area contributed by atoms with Crippen LogP contribution in [-0.2, 0) is 10.0 Å². The minimum absolute atomic E-state index is 0.0515. The van der Waals surface area contributed by atoms with Crippen molar-refractivity contribution in [1.29, 1.82) is 0 Å². The minimum Gasteiger partial charge on any atom is -0.478 e. The van der Waals surface area contributed by atoms with Crippen LogP contribution >= 0.6 is 0 Å². The fourth-order valence-corrected chi connectivity index (χ4v) is 3.68. The summed E-state index contributed by atoms with van der Waals surface area (Å²) in [7, 11) is -3.89. The molecule has 0 spiro atoms. The first-order valence-corrected chi connectivity index (χ1v) is 8.71. The lowest BCUT2D eigenvalue weighted by molar-refractivity contribution is 0.0697. The normalized spacial score (nSPS) is 11.4. The van der Waals surface area contributed by atoms with E-state index in [9.17, 15) is 18.3 Å². The average Bonchev–Trinajstić information content (AvgIpc) is 2.53. The van der Waals surface area contributed by atoms with Gasteiger partial charge in [0, 0.05) is 0 Å². The molecule has 2 N–H and O–H groups in total. The van der Waals surface area contributed by atoms with Crippen LogP contribution in [0.1, 0.15) is 15.9 Å². The molecule has 0 radical (unpaired) electrons. The zero-order valence-corrected chi connectivity index (χ0v) is 13.7. The van der Waals surface area contributed by atoms with Crippen LogP contribution in [0.2, 0.25) is 0 Å². The second-order valence-electron chi connectivity index (χ2n) is 5.42. The summed E-state index contributed by atoms with van der Waals surface area (Å²) in [6, 6.07) is 16.9. The third-order valence-corrected chi connectivity index (χ3v) is 5.13. The highest BCUT2D eigenvalue weighted by Gasteiger charge is 2.20. The van der Waals surface area contributed by atoms with Gasteiger partial charge in [-0.2, -0.15) is 0 Å². The van der Waals surface area contributed by atoms with Crippen LogP contribution in [-0.4, -0.2) is 19.5 Å². The average molecular weight is 341 g/mol. The van der Waals surface area contributed by atoms with Gasteiger partial charge < -0.3 is 5.11 Å². The summed E-state index contributed by atoms with van der Waals surface area (Å²) in [5.41, 5.74) is 0.485. The van der Waals surface area contributed by atoms with Crippen LogP contribution < -0.4 is 4.72 Å². The Morgan fingerprint density at radius 1 is 0.958 bits per heavy atom. The number of carboxylic acids is 1.